The first-order valence-electron chi connectivity index (χ1n) is 5.05. The molecule has 0 unspecified atom stereocenters. The molecule has 0 saturated heterocycles. The van der Waals surface area contributed by atoms with E-state index in [0.717, 1.165) is 15.3 Å². The minimum absolute atomic E-state index is 0.439. The van der Waals surface area contributed by atoms with Crippen molar-refractivity contribution in [2.24, 2.45) is 0 Å². The number of benzene rings is 1. The van der Waals surface area contributed by atoms with E-state index in [-0.39, 0.29) is 0 Å². The fourth-order valence-corrected chi connectivity index (χ4v) is 3.11. The van der Waals surface area contributed by atoms with Gasteiger partial charge in [0.2, 0.25) is 0 Å². The van der Waals surface area contributed by atoms with E-state index in [9.17, 15) is 8.42 Å². The van der Waals surface area contributed by atoms with Crippen molar-refractivity contribution in [3.63, 3.8) is 0 Å². The number of halogens is 1. The number of aryl methyl sites for hydroxylation is 1. The minimum atomic E-state index is -3.54. The molecular weight excluding hydrogens is 260 g/mol. The highest BCUT2D eigenvalue weighted by Gasteiger charge is 2.21. The van der Waals surface area contributed by atoms with E-state index < -0.39 is 10.2 Å². The Kier molecular flexibility index (Phi) is 2.93. The number of rotatable bonds is 2. The first kappa shape index (κ1) is 12.4. The number of para-hydroxylation sites is 1. The van der Waals surface area contributed by atoms with Crippen LogP contribution in [0, 0.1) is 6.92 Å². The van der Waals surface area contributed by atoms with Gasteiger partial charge in [-0.15, -0.1) is 0 Å². The molecule has 92 valence electrons. The summed E-state index contributed by atoms with van der Waals surface area (Å²) >= 11 is 6.06. The van der Waals surface area contributed by atoms with E-state index in [1.807, 2.05) is 25.1 Å². The molecule has 0 aliphatic carbocycles. The van der Waals surface area contributed by atoms with Crippen LogP contribution >= 0.6 is 11.6 Å². The topological polar surface area (TPSA) is 42.3 Å². The first-order chi connectivity index (χ1) is 7.85. The summed E-state index contributed by atoms with van der Waals surface area (Å²) in [5.74, 6) is 0. The highest BCUT2D eigenvalue weighted by Crippen LogP contribution is 2.29. The lowest BCUT2D eigenvalue weighted by Gasteiger charge is -2.14. The first-order valence-corrected chi connectivity index (χ1v) is 6.82. The Morgan fingerprint density at radius 3 is 2.53 bits per heavy atom. The second kappa shape index (κ2) is 4.01. The standard InChI is InChI=1S/C11H13ClN2O2S/c1-8-5-4-6-9-10(12)7-14(11(8)9)17(15,16)13(2)3/h4-7H,1-3H3. The molecule has 0 atom stereocenters. The summed E-state index contributed by atoms with van der Waals surface area (Å²) in [6.45, 7) is 1.86. The monoisotopic (exact) mass is 272 g/mol. The third kappa shape index (κ3) is 1.84. The van der Waals surface area contributed by atoms with Crippen molar-refractivity contribution in [2.75, 3.05) is 14.1 Å². The number of nitrogens with zero attached hydrogens (tertiary/aromatic N) is 2. The SMILES string of the molecule is Cc1cccc2c(Cl)cn(S(=O)(=O)N(C)C)c12. The summed E-state index contributed by atoms with van der Waals surface area (Å²) in [5.41, 5.74) is 1.51. The fourth-order valence-electron chi connectivity index (χ4n) is 1.74. The summed E-state index contributed by atoms with van der Waals surface area (Å²) in [7, 11) is -0.553. The molecule has 17 heavy (non-hydrogen) atoms. The number of aromatic nitrogens is 1. The van der Waals surface area contributed by atoms with Gasteiger partial charge in [0.05, 0.1) is 10.5 Å². The van der Waals surface area contributed by atoms with Crippen LogP contribution in [0.2, 0.25) is 5.02 Å². The molecule has 0 spiro atoms. The highest BCUT2D eigenvalue weighted by atomic mass is 35.5. The molecule has 1 heterocycles. The molecule has 4 nitrogen and oxygen atoms in total. The van der Waals surface area contributed by atoms with E-state index in [1.165, 1.54) is 24.3 Å². The van der Waals surface area contributed by atoms with Crippen molar-refractivity contribution in [1.82, 2.24) is 8.28 Å². The molecular formula is C11H13ClN2O2S. The molecule has 0 bridgehead atoms. The summed E-state index contributed by atoms with van der Waals surface area (Å²) < 4.78 is 26.7. The third-order valence-corrected chi connectivity index (χ3v) is 4.67. The molecule has 2 rings (SSSR count). The van der Waals surface area contributed by atoms with Gasteiger partial charge < -0.3 is 0 Å². The van der Waals surface area contributed by atoms with Gasteiger partial charge in [0.15, 0.2) is 0 Å². The van der Waals surface area contributed by atoms with Gasteiger partial charge in [-0.25, -0.2) is 3.97 Å². The zero-order valence-electron chi connectivity index (χ0n) is 9.81. The molecule has 6 heteroatoms. The van der Waals surface area contributed by atoms with Crippen LogP contribution in [0.4, 0.5) is 0 Å². The van der Waals surface area contributed by atoms with Crippen molar-refractivity contribution in [3.8, 4) is 0 Å². The van der Waals surface area contributed by atoms with Gasteiger partial charge in [-0.1, -0.05) is 29.8 Å². The third-order valence-electron chi connectivity index (χ3n) is 2.66. The van der Waals surface area contributed by atoms with E-state index in [0.29, 0.717) is 10.5 Å². The Hall–Kier alpha value is -1.04. The van der Waals surface area contributed by atoms with Gasteiger partial charge >= 0.3 is 10.2 Å². The smallest absolute Gasteiger partial charge is 0.231 e. The van der Waals surface area contributed by atoms with Gasteiger partial charge in [-0.05, 0) is 12.5 Å². The van der Waals surface area contributed by atoms with Crippen LogP contribution in [0.1, 0.15) is 5.56 Å². The van der Waals surface area contributed by atoms with Gasteiger partial charge in [-0.3, -0.25) is 0 Å². The van der Waals surface area contributed by atoms with Gasteiger partial charge in [-0.2, -0.15) is 12.7 Å². The van der Waals surface area contributed by atoms with Crippen molar-refractivity contribution in [2.45, 2.75) is 6.92 Å². The average Bonchev–Trinajstić information content (AvgIpc) is 2.58. The molecule has 1 aromatic heterocycles. The van der Waals surface area contributed by atoms with Crippen LogP contribution in [-0.2, 0) is 10.2 Å². The van der Waals surface area contributed by atoms with Crippen LogP contribution in [0.5, 0.6) is 0 Å². The summed E-state index contributed by atoms with van der Waals surface area (Å²) in [4.78, 5) is 0. The quantitative estimate of drug-likeness (QED) is 0.842. The molecule has 2 aromatic rings. The average molecular weight is 273 g/mol. The summed E-state index contributed by atoms with van der Waals surface area (Å²) in [5, 5.41) is 1.19. The van der Waals surface area contributed by atoms with Crippen LogP contribution in [0.25, 0.3) is 10.9 Å². The maximum atomic E-state index is 12.1. The number of hydrogen-bond acceptors (Lipinski definition) is 2. The molecule has 0 radical (unpaired) electrons. The number of hydrogen-bond donors (Lipinski definition) is 0. The van der Waals surface area contributed by atoms with Gasteiger partial charge in [0, 0.05) is 25.7 Å². The van der Waals surface area contributed by atoms with Crippen molar-refractivity contribution in [1.29, 1.82) is 0 Å². The lowest BCUT2D eigenvalue weighted by Crippen LogP contribution is -2.28. The van der Waals surface area contributed by atoms with E-state index in [1.54, 1.807) is 0 Å². The van der Waals surface area contributed by atoms with Crippen LogP contribution in [0.3, 0.4) is 0 Å². The maximum Gasteiger partial charge on any atom is 0.307 e. The van der Waals surface area contributed by atoms with Gasteiger partial charge in [0.1, 0.15) is 0 Å². The lowest BCUT2D eigenvalue weighted by atomic mass is 10.2. The van der Waals surface area contributed by atoms with Crippen LogP contribution < -0.4 is 0 Å². The van der Waals surface area contributed by atoms with Crippen LogP contribution in [-0.4, -0.2) is 30.8 Å². The molecule has 0 aliphatic heterocycles. The summed E-state index contributed by atoms with van der Waals surface area (Å²) in [6.07, 6.45) is 1.44. The number of fused-ring (bicyclic) bond motifs is 1. The Labute approximate surface area is 106 Å². The Morgan fingerprint density at radius 2 is 1.94 bits per heavy atom. The van der Waals surface area contributed by atoms with Crippen molar-refractivity contribution < 1.29 is 8.42 Å². The zero-order chi connectivity index (χ0) is 12.8. The largest absolute Gasteiger partial charge is 0.307 e. The summed E-state index contributed by atoms with van der Waals surface area (Å²) in [6, 6.07) is 5.53. The predicted molar refractivity (Wildman–Crippen MR) is 69.7 cm³/mol. The molecule has 0 saturated carbocycles. The van der Waals surface area contributed by atoms with Gasteiger partial charge in [0.25, 0.3) is 0 Å². The Morgan fingerprint density at radius 1 is 1.29 bits per heavy atom. The molecule has 1 aromatic carbocycles. The van der Waals surface area contributed by atoms with Crippen molar-refractivity contribution >= 4 is 32.7 Å². The fraction of sp³-hybridized carbons (Fsp3) is 0.273. The van der Waals surface area contributed by atoms with E-state index in [2.05, 4.69) is 0 Å². The molecule has 0 fully saturated rings. The second-order valence-corrected chi connectivity index (χ2v) is 6.46. The molecule has 0 N–H and O–H groups in total. The Bertz CT molecular complexity index is 674. The molecule has 0 aliphatic rings. The van der Waals surface area contributed by atoms with Crippen LogP contribution in [0.15, 0.2) is 24.4 Å². The lowest BCUT2D eigenvalue weighted by molar-refractivity contribution is 0.512. The highest BCUT2D eigenvalue weighted by molar-refractivity contribution is 7.87. The Balaban J connectivity index is 2.90. The van der Waals surface area contributed by atoms with E-state index in [4.69, 9.17) is 11.6 Å². The predicted octanol–water partition coefficient (Wildman–Crippen LogP) is 2.26. The maximum absolute atomic E-state index is 12.1. The minimum Gasteiger partial charge on any atom is -0.231 e. The molecule has 0 amide bonds. The van der Waals surface area contributed by atoms with E-state index >= 15 is 0 Å². The zero-order valence-corrected chi connectivity index (χ0v) is 11.4. The second-order valence-electron chi connectivity index (χ2n) is 4.03. The van der Waals surface area contributed by atoms with Crippen molar-refractivity contribution in [3.05, 3.63) is 35.0 Å². The normalized spacial score (nSPS) is 12.5.